The van der Waals surface area contributed by atoms with Gasteiger partial charge in [-0.25, -0.2) is 4.98 Å². The van der Waals surface area contributed by atoms with Gasteiger partial charge in [-0.15, -0.1) is 0 Å². The summed E-state index contributed by atoms with van der Waals surface area (Å²) in [5.41, 5.74) is 0.107. The van der Waals surface area contributed by atoms with Gasteiger partial charge in [-0.05, 0) is 25.3 Å². The molecule has 2 aromatic rings. The normalized spacial score (nSPS) is 19.1. The maximum Gasteiger partial charge on any atom is 0.136 e. The van der Waals surface area contributed by atoms with Crippen LogP contribution in [0.4, 0.5) is 5.82 Å². The van der Waals surface area contributed by atoms with Crippen LogP contribution in [0.3, 0.4) is 0 Å². The molecule has 3 rings (SSSR count). The lowest BCUT2D eigenvalue weighted by Gasteiger charge is -2.44. The van der Waals surface area contributed by atoms with Crippen molar-refractivity contribution in [1.29, 1.82) is 0 Å². The highest BCUT2D eigenvalue weighted by molar-refractivity contribution is 5.92. The first kappa shape index (κ1) is 11.5. The van der Waals surface area contributed by atoms with Crippen molar-refractivity contribution in [3.05, 3.63) is 36.5 Å². The molecule has 1 fully saturated rings. The number of pyridine rings is 1. The molecule has 0 saturated carbocycles. The average Bonchev–Trinajstić information content (AvgIpc) is 2.38. The fourth-order valence-electron chi connectivity index (χ4n) is 2.69. The highest BCUT2D eigenvalue weighted by atomic mass is 15.3. The number of hydrogen-bond acceptors (Lipinski definition) is 3. The summed E-state index contributed by atoms with van der Waals surface area (Å²) >= 11 is 0. The molecule has 0 unspecified atom stereocenters. The van der Waals surface area contributed by atoms with Crippen LogP contribution in [-0.2, 0) is 0 Å². The zero-order valence-corrected chi connectivity index (χ0v) is 11.0. The highest BCUT2D eigenvalue weighted by Crippen LogP contribution is 2.29. The van der Waals surface area contributed by atoms with Gasteiger partial charge in [0.1, 0.15) is 5.82 Å². The number of piperazine rings is 1. The first-order valence-electron chi connectivity index (χ1n) is 6.51. The van der Waals surface area contributed by atoms with Crippen LogP contribution in [0, 0.1) is 0 Å². The van der Waals surface area contributed by atoms with Crippen LogP contribution in [0.15, 0.2) is 36.5 Å². The molecule has 0 radical (unpaired) electrons. The number of aromatic nitrogens is 1. The van der Waals surface area contributed by atoms with Crippen LogP contribution in [0.2, 0.25) is 0 Å². The Morgan fingerprint density at radius 1 is 1.22 bits per heavy atom. The Bertz CT molecular complexity index is 557. The number of anilines is 1. The van der Waals surface area contributed by atoms with Gasteiger partial charge in [-0.1, -0.05) is 24.3 Å². The first-order chi connectivity index (χ1) is 8.68. The molecule has 3 heteroatoms. The monoisotopic (exact) mass is 241 g/mol. The maximum absolute atomic E-state index is 4.62. The smallest absolute Gasteiger partial charge is 0.136 e. The average molecular weight is 241 g/mol. The fourth-order valence-corrected chi connectivity index (χ4v) is 2.69. The van der Waals surface area contributed by atoms with E-state index in [-0.39, 0.29) is 5.54 Å². The lowest BCUT2D eigenvalue weighted by molar-refractivity contribution is 0.379. The van der Waals surface area contributed by atoms with Crippen molar-refractivity contribution in [2.45, 2.75) is 19.4 Å². The van der Waals surface area contributed by atoms with Gasteiger partial charge in [0.05, 0.1) is 0 Å². The van der Waals surface area contributed by atoms with E-state index < -0.39 is 0 Å². The number of benzene rings is 1. The number of nitrogens with one attached hydrogen (secondary N) is 1. The van der Waals surface area contributed by atoms with Gasteiger partial charge in [0.2, 0.25) is 0 Å². The molecular weight excluding hydrogens is 222 g/mol. The summed E-state index contributed by atoms with van der Waals surface area (Å²) in [5.74, 6) is 1.11. The summed E-state index contributed by atoms with van der Waals surface area (Å²) < 4.78 is 0. The van der Waals surface area contributed by atoms with Crippen molar-refractivity contribution in [2.75, 3.05) is 24.5 Å². The van der Waals surface area contributed by atoms with E-state index in [9.17, 15) is 0 Å². The molecule has 0 aliphatic carbocycles. The second-order valence-corrected chi connectivity index (χ2v) is 5.50. The van der Waals surface area contributed by atoms with Crippen LogP contribution in [0.25, 0.3) is 10.8 Å². The molecule has 1 N–H and O–H groups in total. The minimum absolute atomic E-state index is 0.107. The Kier molecular flexibility index (Phi) is 2.71. The molecule has 2 heterocycles. The summed E-state index contributed by atoms with van der Waals surface area (Å²) in [6.07, 6.45) is 1.91. The maximum atomic E-state index is 4.62. The Morgan fingerprint density at radius 2 is 2.06 bits per heavy atom. The van der Waals surface area contributed by atoms with Crippen molar-refractivity contribution in [1.82, 2.24) is 10.3 Å². The zero-order valence-electron chi connectivity index (χ0n) is 11.0. The van der Waals surface area contributed by atoms with Gasteiger partial charge in [0.15, 0.2) is 0 Å². The topological polar surface area (TPSA) is 28.2 Å². The Balaban J connectivity index is 2.13. The predicted octanol–water partition coefficient (Wildman–Crippen LogP) is 2.42. The second kappa shape index (κ2) is 4.25. The molecule has 3 nitrogen and oxygen atoms in total. The lowest BCUT2D eigenvalue weighted by atomic mass is 9.99. The Morgan fingerprint density at radius 3 is 2.89 bits per heavy atom. The number of fused-ring (bicyclic) bond motifs is 1. The molecule has 0 spiro atoms. The van der Waals surface area contributed by atoms with Crippen LogP contribution < -0.4 is 10.2 Å². The predicted molar refractivity (Wildman–Crippen MR) is 76.0 cm³/mol. The number of hydrogen-bond donors (Lipinski definition) is 1. The van der Waals surface area contributed by atoms with E-state index in [2.05, 4.69) is 59.4 Å². The highest BCUT2D eigenvalue weighted by Gasteiger charge is 2.31. The quantitative estimate of drug-likeness (QED) is 0.831. The van der Waals surface area contributed by atoms with Crippen LogP contribution in [0.1, 0.15) is 13.8 Å². The van der Waals surface area contributed by atoms with Gasteiger partial charge < -0.3 is 10.2 Å². The van der Waals surface area contributed by atoms with Gasteiger partial charge in [0.25, 0.3) is 0 Å². The molecule has 1 aromatic heterocycles. The van der Waals surface area contributed by atoms with Crippen molar-refractivity contribution >= 4 is 16.6 Å². The molecule has 1 aliphatic heterocycles. The van der Waals surface area contributed by atoms with Crippen LogP contribution in [-0.4, -0.2) is 30.2 Å². The Hall–Kier alpha value is -1.61. The van der Waals surface area contributed by atoms with E-state index in [1.165, 1.54) is 10.8 Å². The minimum atomic E-state index is 0.107. The third-order valence-electron chi connectivity index (χ3n) is 3.71. The van der Waals surface area contributed by atoms with Crippen molar-refractivity contribution in [3.8, 4) is 0 Å². The van der Waals surface area contributed by atoms with Crippen molar-refractivity contribution in [3.63, 3.8) is 0 Å². The standard InChI is InChI=1S/C15H19N3/c1-15(2)11-16-9-10-18(15)14-13-6-4-3-5-12(13)7-8-17-14/h3-8,16H,9-11H2,1-2H3. The zero-order chi connectivity index (χ0) is 12.6. The van der Waals surface area contributed by atoms with E-state index in [4.69, 9.17) is 0 Å². The molecule has 1 aliphatic rings. The first-order valence-corrected chi connectivity index (χ1v) is 6.51. The molecule has 1 saturated heterocycles. The molecule has 0 amide bonds. The Labute approximate surface area is 108 Å². The molecule has 94 valence electrons. The molecular formula is C15H19N3. The third kappa shape index (κ3) is 1.85. The lowest BCUT2D eigenvalue weighted by Crippen LogP contribution is -2.58. The molecule has 1 aromatic carbocycles. The minimum Gasteiger partial charge on any atom is -0.348 e. The molecule has 0 bridgehead atoms. The van der Waals surface area contributed by atoms with Gasteiger partial charge in [-0.2, -0.15) is 0 Å². The summed E-state index contributed by atoms with van der Waals surface area (Å²) in [7, 11) is 0. The van der Waals surface area contributed by atoms with E-state index in [1.807, 2.05) is 6.20 Å². The van der Waals surface area contributed by atoms with Gasteiger partial charge >= 0.3 is 0 Å². The summed E-state index contributed by atoms with van der Waals surface area (Å²) in [6, 6.07) is 10.6. The largest absolute Gasteiger partial charge is 0.348 e. The van der Waals surface area contributed by atoms with Crippen molar-refractivity contribution in [2.24, 2.45) is 0 Å². The van der Waals surface area contributed by atoms with E-state index in [0.29, 0.717) is 0 Å². The summed E-state index contributed by atoms with van der Waals surface area (Å²) in [5, 5.41) is 5.96. The van der Waals surface area contributed by atoms with E-state index >= 15 is 0 Å². The summed E-state index contributed by atoms with van der Waals surface area (Å²) in [6.45, 7) is 7.56. The molecule has 0 atom stereocenters. The van der Waals surface area contributed by atoms with Crippen molar-refractivity contribution < 1.29 is 0 Å². The summed E-state index contributed by atoms with van der Waals surface area (Å²) in [4.78, 5) is 7.05. The number of nitrogens with zero attached hydrogens (tertiary/aromatic N) is 2. The molecule has 18 heavy (non-hydrogen) atoms. The second-order valence-electron chi connectivity index (χ2n) is 5.50. The van der Waals surface area contributed by atoms with Gasteiger partial charge in [-0.3, -0.25) is 0 Å². The SMILES string of the molecule is CC1(C)CNCCN1c1nccc2ccccc12. The van der Waals surface area contributed by atoms with Crippen LogP contribution >= 0.6 is 0 Å². The van der Waals surface area contributed by atoms with Gasteiger partial charge in [0, 0.05) is 36.8 Å². The van der Waals surface area contributed by atoms with E-state index in [0.717, 1.165) is 25.5 Å². The van der Waals surface area contributed by atoms with E-state index in [1.54, 1.807) is 0 Å². The third-order valence-corrected chi connectivity index (χ3v) is 3.71. The fraction of sp³-hybridized carbons (Fsp3) is 0.400. The number of rotatable bonds is 1. The van der Waals surface area contributed by atoms with Crippen LogP contribution in [0.5, 0.6) is 0 Å².